The van der Waals surface area contributed by atoms with Crippen LogP contribution < -0.4 is 5.32 Å². The minimum Gasteiger partial charge on any atom is -0.310 e. The SMILES string of the molecule is Cc1cc(C)c(CNC2CCCCCC2)cc1C. The molecular formula is C17H27N. The molecule has 1 saturated carbocycles. The van der Waals surface area contributed by atoms with Crippen LogP contribution in [0.4, 0.5) is 0 Å². The van der Waals surface area contributed by atoms with Crippen LogP contribution in [-0.4, -0.2) is 6.04 Å². The molecule has 0 atom stereocenters. The Hall–Kier alpha value is -0.820. The summed E-state index contributed by atoms with van der Waals surface area (Å²) in [4.78, 5) is 0. The van der Waals surface area contributed by atoms with Gasteiger partial charge in [0.1, 0.15) is 0 Å². The number of rotatable bonds is 3. The molecular weight excluding hydrogens is 218 g/mol. The molecule has 1 heteroatoms. The van der Waals surface area contributed by atoms with E-state index in [0.717, 1.165) is 12.6 Å². The zero-order valence-electron chi connectivity index (χ0n) is 12.2. The van der Waals surface area contributed by atoms with Crippen molar-refractivity contribution in [2.75, 3.05) is 0 Å². The largest absolute Gasteiger partial charge is 0.310 e. The summed E-state index contributed by atoms with van der Waals surface area (Å²) in [5, 5.41) is 3.77. The smallest absolute Gasteiger partial charge is 0.0210 e. The lowest BCUT2D eigenvalue weighted by Gasteiger charge is -2.18. The number of hydrogen-bond donors (Lipinski definition) is 1. The van der Waals surface area contributed by atoms with E-state index in [9.17, 15) is 0 Å². The van der Waals surface area contributed by atoms with E-state index >= 15 is 0 Å². The average Bonchev–Trinajstić information content (AvgIpc) is 2.60. The monoisotopic (exact) mass is 245 g/mol. The first kappa shape index (κ1) is 13.6. The Morgan fingerprint density at radius 3 is 2.17 bits per heavy atom. The van der Waals surface area contributed by atoms with Gasteiger partial charge in [-0.05, 0) is 55.9 Å². The van der Waals surface area contributed by atoms with Gasteiger partial charge in [0.05, 0.1) is 0 Å². The average molecular weight is 245 g/mol. The van der Waals surface area contributed by atoms with E-state index in [1.807, 2.05) is 0 Å². The second-order valence-electron chi connectivity index (χ2n) is 5.93. The molecule has 0 spiro atoms. The maximum Gasteiger partial charge on any atom is 0.0210 e. The molecule has 100 valence electrons. The number of hydrogen-bond acceptors (Lipinski definition) is 1. The Labute approximate surface area is 112 Å². The minimum atomic E-state index is 0.744. The summed E-state index contributed by atoms with van der Waals surface area (Å²) in [5.41, 5.74) is 5.73. The van der Waals surface area contributed by atoms with Crippen molar-refractivity contribution in [3.8, 4) is 0 Å². The van der Waals surface area contributed by atoms with Crippen LogP contribution in [0, 0.1) is 20.8 Å². The van der Waals surface area contributed by atoms with Crippen molar-refractivity contribution in [3.63, 3.8) is 0 Å². The van der Waals surface area contributed by atoms with E-state index in [0.29, 0.717) is 0 Å². The molecule has 2 rings (SSSR count). The van der Waals surface area contributed by atoms with Crippen LogP contribution in [0.5, 0.6) is 0 Å². The van der Waals surface area contributed by atoms with Crippen molar-refractivity contribution in [3.05, 3.63) is 34.4 Å². The third-order valence-corrected chi connectivity index (χ3v) is 4.39. The van der Waals surface area contributed by atoms with Crippen LogP contribution in [0.15, 0.2) is 12.1 Å². The molecule has 0 amide bonds. The third-order valence-electron chi connectivity index (χ3n) is 4.39. The summed E-state index contributed by atoms with van der Waals surface area (Å²) in [5.74, 6) is 0. The highest BCUT2D eigenvalue weighted by atomic mass is 14.9. The van der Waals surface area contributed by atoms with Gasteiger partial charge in [-0.25, -0.2) is 0 Å². The fourth-order valence-corrected chi connectivity index (χ4v) is 2.95. The third kappa shape index (κ3) is 3.58. The van der Waals surface area contributed by atoms with Crippen molar-refractivity contribution in [2.24, 2.45) is 0 Å². The topological polar surface area (TPSA) is 12.0 Å². The van der Waals surface area contributed by atoms with Gasteiger partial charge in [-0.1, -0.05) is 37.8 Å². The maximum atomic E-state index is 3.77. The molecule has 0 aromatic heterocycles. The van der Waals surface area contributed by atoms with E-state index in [1.165, 1.54) is 60.8 Å². The molecule has 1 aliphatic carbocycles. The van der Waals surface area contributed by atoms with Crippen LogP contribution in [-0.2, 0) is 6.54 Å². The zero-order chi connectivity index (χ0) is 13.0. The molecule has 1 N–H and O–H groups in total. The molecule has 0 saturated heterocycles. The molecule has 1 aliphatic rings. The predicted octanol–water partition coefficient (Wildman–Crippen LogP) is 4.42. The van der Waals surface area contributed by atoms with Gasteiger partial charge >= 0.3 is 0 Å². The van der Waals surface area contributed by atoms with E-state index < -0.39 is 0 Å². The quantitative estimate of drug-likeness (QED) is 0.777. The highest BCUT2D eigenvalue weighted by Crippen LogP contribution is 2.19. The van der Waals surface area contributed by atoms with Gasteiger partial charge in [-0.3, -0.25) is 0 Å². The minimum absolute atomic E-state index is 0.744. The lowest BCUT2D eigenvalue weighted by Crippen LogP contribution is -2.28. The van der Waals surface area contributed by atoms with E-state index in [4.69, 9.17) is 0 Å². The lowest BCUT2D eigenvalue weighted by molar-refractivity contribution is 0.458. The fourth-order valence-electron chi connectivity index (χ4n) is 2.95. The van der Waals surface area contributed by atoms with Gasteiger partial charge < -0.3 is 5.32 Å². The van der Waals surface area contributed by atoms with E-state index in [-0.39, 0.29) is 0 Å². The predicted molar refractivity (Wildman–Crippen MR) is 79.0 cm³/mol. The van der Waals surface area contributed by atoms with Gasteiger partial charge in [0.15, 0.2) is 0 Å². The summed E-state index contributed by atoms with van der Waals surface area (Å²) >= 11 is 0. The van der Waals surface area contributed by atoms with Gasteiger partial charge in [-0.15, -0.1) is 0 Å². The van der Waals surface area contributed by atoms with E-state index in [1.54, 1.807) is 0 Å². The Kier molecular flexibility index (Phi) is 4.82. The second-order valence-corrected chi connectivity index (χ2v) is 5.93. The van der Waals surface area contributed by atoms with Gasteiger partial charge in [0.25, 0.3) is 0 Å². The molecule has 0 aliphatic heterocycles. The van der Waals surface area contributed by atoms with Crippen LogP contribution in [0.25, 0.3) is 0 Å². The van der Waals surface area contributed by atoms with Crippen molar-refractivity contribution in [2.45, 2.75) is 71.9 Å². The number of nitrogens with one attached hydrogen (secondary N) is 1. The summed E-state index contributed by atoms with van der Waals surface area (Å²) in [6.07, 6.45) is 8.41. The lowest BCUT2D eigenvalue weighted by atomic mass is 10.00. The van der Waals surface area contributed by atoms with E-state index in [2.05, 4.69) is 38.2 Å². The summed E-state index contributed by atoms with van der Waals surface area (Å²) in [6.45, 7) is 7.68. The molecule has 0 unspecified atom stereocenters. The fraction of sp³-hybridized carbons (Fsp3) is 0.647. The van der Waals surface area contributed by atoms with Gasteiger partial charge in [0, 0.05) is 12.6 Å². The molecule has 0 radical (unpaired) electrons. The molecule has 1 fully saturated rings. The molecule has 0 heterocycles. The van der Waals surface area contributed by atoms with Crippen LogP contribution in [0.2, 0.25) is 0 Å². The normalized spacial score (nSPS) is 17.7. The number of aryl methyl sites for hydroxylation is 3. The first-order valence-corrected chi connectivity index (χ1v) is 7.47. The molecule has 18 heavy (non-hydrogen) atoms. The first-order chi connectivity index (χ1) is 8.66. The van der Waals surface area contributed by atoms with Crippen molar-refractivity contribution in [1.29, 1.82) is 0 Å². The highest BCUT2D eigenvalue weighted by Gasteiger charge is 2.12. The van der Waals surface area contributed by atoms with Crippen LogP contribution >= 0.6 is 0 Å². The highest BCUT2D eigenvalue weighted by molar-refractivity contribution is 5.36. The van der Waals surface area contributed by atoms with Crippen molar-refractivity contribution < 1.29 is 0 Å². The van der Waals surface area contributed by atoms with Crippen LogP contribution in [0.3, 0.4) is 0 Å². The Bertz CT molecular complexity index is 387. The molecule has 0 bridgehead atoms. The van der Waals surface area contributed by atoms with Gasteiger partial charge in [-0.2, -0.15) is 0 Å². The first-order valence-electron chi connectivity index (χ1n) is 7.47. The zero-order valence-corrected chi connectivity index (χ0v) is 12.2. The van der Waals surface area contributed by atoms with Gasteiger partial charge in [0.2, 0.25) is 0 Å². The standard InChI is InChI=1S/C17H27N/c1-13-10-15(3)16(11-14(13)2)12-18-17-8-6-4-5-7-9-17/h10-11,17-18H,4-9,12H2,1-3H3. The van der Waals surface area contributed by atoms with Crippen LogP contribution in [0.1, 0.15) is 60.8 Å². The Morgan fingerprint density at radius 1 is 0.889 bits per heavy atom. The Morgan fingerprint density at radius 2 is 1.50 bits per heavy atom. The molecule has 1 aromatic rings. The molecule has 1 nitrogen and oxygen atoms in total. The second kappa shape index (κ2) is 6.38. The summed E-state index contributed by atoms with van der Waals surface area (Å²) in [6, 6.07) is 5.42. The number of benzene rings is 1. The maximum absolute atomic E-state index is 3.77. The van der Waals surface area contributed by atoms with Crippen molar-refractivity contribution >= 4 is 0 Å². The summed E-state index contributed by atoms with van der Waals surface area (Å²) < 4.78 is 0. The Balaban J connectivity index is 1.94. The summed E-state index contributed by atoms with van der Waals surface area (Å²) in [7, 11) is 0. The van der Waals surface area contributed by atoms with Crippen molar-refractivity contribution in [1.82, 2.24) is 5.32 Å². The molecule has 1 aromatic carbocycles.